The van der Waals surface area contributed by atoms with E-state index in [2.05, 4.69) is 4.74 Å². The van der Waals surface area contributed by atoms with E-state index in [1.54, 1.807) is 24.0 Å². The van der Waals surface area contributed by atoms with Gasteiger partial charge in [-0.3, -0.25) is 4.79 Å². The molecule has 0 unspecified atom stereocenters. The van der Waals surface area contributed by atoms with Crippen LogP contribution in [0.4, 0.5) is 14.5 Å². The number of rotatable bonds is 3. The lowest BCUT2D eigenvalue weighted by molar-refractivity contribution is -0.119. The van der Waals surface area contributed by atoms with E-state index in [-0.39, 0.29) is 24.1 Å². The van der Waals surface area contributed by atoms with Crippen LogP contribution >= 0.6 is 12.4 Å². The van der Waals surface area contributed by atoms with E-state index < -0.39 is 12.7 Å². The summed E-state index contributed by atoms with van der Waals surface area (Å²) in [4.78, 5) is 13.6. The molecule has 2 rings (SSSR count). The molecule has 0 saturated carbocycles. The largest absolute Gasteiger partial charge is 0.435 e. The maximum Gasteiger partial charge on any atom is 0.387 e. The number of alkyl halides is 2. The summed E-state index contributed by atoms with van der Waals surface area (Å²) in [7, 11) is 0. The number of amides is 1. The zero-order valence-corrected chi connectivity index (χ0v) is 11.8. The van der Waals surface area contributed by atoms with Crippen molar-refractivity contribution >= 4 is 24.0 Å². The number of halogens is 3. The van der Waals surface area contributed by atoms with Gasteiger partial charge in [0.1, 0.15) is 5.75 Å². The average Bonchev–Trinajstić information content (AvgIpc) is 2.36. The van der Waals surface area contributed by atoms with Gasteiger partial charge in [-0.15, -0.1) is 12.4 Å². The van der Waals surface area contributed by atoms with Crippen molar-refractivity contribution in [2.24, 2.45) is 5.73 Å². The van der Waals surface area contributed by atoms with Crippen molar-refractivity contribution < 1.29 is 18.3 Å². The van der Waals surface area contributed by atoms with Gasteiger partial charge in [0.15, 0.2) is 0 Å². The molecule has 2 N–H and O–H groups in total. The van der Waals surface area contributed by atoms with Crippen molar-refractivity contribution in [3.05, 3.63) is 23.8 Å². The highest BCUT2D eigenvalue weighted by molar-refractivity contribution is 5.97. The summed E-state index contributed by atoms with van der Waals surface area (Å²) < 4.78 is 28.7. The fourth-order valence-electron chi connectivity index (χ4n) is 2.22. The number of nitrogens with zero attached hydrogens (tertiary/aromatic N) is 1. The average molecular weight is 307 g/mol. The SMILES string of the molecule is C[C@H](N)C(=O)N1CCCc2cc(OC(F)F)ccc21.Cl. The van der Waals surface area contributed by atoms with E-state index in [1.165, 1.54) is 6.07 Å². The third kappa shape index (κ3) is 3.58. The minimum atomic E-state index is -2.84. The van der Waals surface area contributed by atoms with Crippen LogP contribution in [0.2, 0.25) is 0 Å². The maximum atomic E-state index is 12.2. The minimum Gasteiger partial charge on any atom is -0.435 e. The standard InChI is InChI=1S/C13H16F2N2O2.ClH/c1-8(16)12(18)17-6-2-3-9-7-10(19-13(14)15)4-5-11(9)17;/h4-5,7-8,13H,2-3,6,16H2,1H3;1H/t8-;/m0./s1. The van der Waals surface area contributed by atoms with Crippen LogP contribution in [0.1, 0.15) is 18.9 Å². The van der Waals surface area contributed by atoms with E-state index in [0.717, 1.165) is 24.1 Å². The number of carbonyl (C=O) groups is 1. The number of hydrogen-bond acceptors (Lipinski definition) is 3. The van der Waals surface area contributed by atoms with Gasteiger partial charge in [-0.2, -0.15) is 8.78 Å². The number of nitrogens with two attached hydrogens (primary N) is 1. The lowest BCUT2D eigenvalue weighted by Crippen LogP contribution is -2.44. The first-order valence-electron chi connectivity index (χ1n) is 6.13. The Bertz CT molecular complexity index is 483. The summed E-state index contributed by atoms with van der Waals surface area (Å²) in [6.45, 7) is -0.615. The molecular weight excluding hydrogens is 290 g/mol. The molecule has 1 heterocycles. The summed E-state index contributed by atoms with van der Waals surface area (Å²) >= 11 is 0. The summed E-state index contributed by atoms with van der Waals surface area (Å²) in [5.41, 5.74) is 7.17. The Morgan fingerprint density at radius 2 is 2.15 bits per heavy atom. The Balaban J connectivity index is 0.00000200. The van der Waals surface area contributed by atoms with Gasteiger partial charge in [-0.25, -0.2) is 0 Å². The van der Waals surface area contributed by atoms with Gasteiger partial charge in [-0.05, 0) is 43.5 Å². The van der Waals surface area contributed by atoms with E-state index in [9.17, 15) is 13.6 Å². The number of fused-ring (bicyclic) bond motifs is 1. The lowest BCUT2D eigenvalue weighted by Gasteiger charge is -2.31. The summed E-state index contributed by atoms with van der Waals surface area (Å²) in [6.07, 6.45) is 1.52. The molecule has 1 aliphatic rings. The van der Waals surface area contributed by atoms with Gasteiger partial charge in [0, 0.05) is 12.2 Å². The van der Waals surface area contributed by atoms with E-state index in [1.807, 2.05) is 0 Å². The van der Waals surface area contributed by atoms with Crippen LogP contribution in [0.25, 0.3) is 0 Å². The molecule has 0 saturated heterocycles. The predicted molar refractivity (Wildman–Crippen MR) is 74.6 cm³/mol. The van der Waals surface area contributed by atoms with Gasteiger partial charge in [-0.1, -0.05) is 0 Å². The second-order valence-electron chi connectivity index (χ2n) is 4.55. The lowest BCUT2D eigenvalue weighted by atomic mass is 10.0. The number of benzene rings is 1. The summed E-state index contributed by atoms with van der Waals surface area (Å²) in [6, 6.07) is 4.05. The van der Waals surface area contributed by atoms with Crippen LogP contribution in [0.3, 0.4) is 0 Å². The molecule has 0 aliphatic carbocycles. The second-order valence-corrected chi connectivity index (χ2v) is 4.55. The molecule has 1 aromatic carbocycles. The zero-order valence-electron chi connectivity index (χ0n) is 11.0. The molecule has 20 heavy (non-hydrogen) atoms. The molecule has 1 atom stereocenters. The monoisotopic (exact) mass is 306 g/mol. The first-order valence-corrected chi connectivity index (χ1v) is 6.13. The smallest absolute Gasteiger partial charge is 0.387 e. The maximum absolute atomic E-state index is 12.2. The Hall–Kier alpha value is -1.40. The molecule has 0 fully saturated rings. The molecule has 0 spiro atoms. The predicted octanol–water partition coefficient (Wildman–Crippen LogP) is 2.34. The highest BCUT2D eigenvalue weighted by Gasteiger charge is 2.25. The van der Waals surface area contributed by atoms with Crippen LogP contribution < -0.4 is 15.4 Å². The molecule has 1 aliphatic heterocycles. The number of aryl methyl sites for hydroxylation is 1. The van der Waals surface area contributed by atoms with Crippen molar-refractivity contribution in [3.8, 4) is 5.75 Å². The minimum absolute atomic E-state index is 0. The van der Waals surface area contributed by atoms with Crippen LogP contribution in [0, 0.1) is 0 Å². The highest BCUT2D eigenvalue weighted by atomic mass is 35.5. The number of carbonyl (C=O) groups excluding carboxylic acids is 1. The van der Waals surface area contributed by atoms with Gasteiger partial charge in [0.05, 0.1) is 6.04 Å². The van der Waals surface area contributed by atoms with Crippen LogP contribution in [-0.2, 0) is 11.2 Å². The fourth-order valence-corrected chi connectivity index (χ4v) is 2.22. The Kier molecular flexibility index (Phi) is 5.71. The molecule has 0 aromatic heterocycles. The van der Waals surface area contributed by atoms with Crippen molar-refractivity contribution in [3.63, 3.8) is 0 Å². The zero-order chi connectivity index (χ0) is 14.0. The van der Waals surface area contributed by atoms with E-state index in [4.69, 9.17) is 5.73 Å². The third-order valence-corrected chi connectivity index (χ3v) is 3.05. The number of hydrogen-bond donors (Lipinski definition) is 1. The van der Waals surface area contributed by atoms with Crippen LogP contribution in [0.5, 0.6) is 5.75 Å². The van der Waals surface area contributed by atoms with Gasteiger partial charge < -0.3 is 15.4 Å². The first kappa shape index (κ1) is 16.7. The van der Waals surface area contributed by atoms with Gasteiger partial charge in [0.25, 0.3) is 0 Å². The molecule has 0 bridgehead atoms. The summed E-state index contributed by atoms with van der Waals surface area (Å²) in [5, 5.41) is 0. The van der Waals surface area contributed by atoms with Gasteiger partial charge in [0.2, 0.25) is 5.91 Å². The van der Waals surface area contributed by atoms with Crippen molar-refractivity contribution in [1.82, 2.24) is 0 Å². The summed E-state index contributed by atoms with van der Waals surface area (Å²) in [5.74, 6) is -0.0488. The number of ether oxygens (including phenoxy) is 1. The molecule has 1 amide bonds. The van der Waals surface area contributed by atoms with Crippen molar-refractivity contribution in [1.29, 1.82) is 0 Å². The quantitative estimate of drug-likeness (QED) is 0.932. The Labute approximate surface area is 122 Å². The van der Waals surface area contributed by atoms with Crippen molar-refractivity contribution in [2.75, 3.05) is 11.4 Å². The number of anilines is 1. The molecule has 1 aromatic rings. The van der Waals surface area contributed by atoms with Crippen LogP contribution in [0.15, 0.2) is 18.2 Å². The molecule has 0 radical (unpaired) electrons. The molecule has 7 heteroatoms. The third-order valence-electron chi connectivity index (χ3n) is 3.05. The second kappa shape index (κ2) is 6.85. The van der Waals surface area contributed by atoms with E-state index >= 15 is 0 Å². The molecule has 4 nitrogen and oxygen atoms in total. The highest BCUT2D eigenvalue weighted by Crippen LogP contribution is 2.31. The first-order chi connectivity index (χ1) is 8.99. The fraction of sp³-hybridized carbons (Fsp3) is 0.462. The van der Waals surface area contributed by atoms with Crippen LogP contribution in [-0.4, -0.2) is 25.1 Å². The topological polar surface area (TPSA) is 55.6 Å². The van der Waals surface area contributed by atoms with Gasteiger partial charge >= 0.3 is 6.61 Å². The van der Waals surface area contributed by atoms with Crippen molar-refractivity contribution in [2.45, 2.75) is 32.4 Å². The molecular formula is C13H17ClF2N2O2. The Morgan fingerprint density at radius 1 is 1.45 bits per heavy atom. The van der Waals surface area contributed by atoms with E-state index in [0.29, 0.717) is 6.54 Å². The Morgan fingerprint density at radius 3 is 2.75 bits per heavy atom. The molecule has 112 valence electrons. The normalized spacial score (nSPS) is 15.3.